The normalized spacial score (nSPS) is 11.3. The van der Waals surface area contributed by atoms with Gasteiger partial charge in [0.1, 0.15) is 0 Å². The topological polar surface area (TPSA) is 98.3 Å². The molecule has 0 saturated carbocycles. The van der Waals surface area contributed by atoms with Gasteiger partial charge in [-0.05, 0) is 29.8 Å². The zero-order chi connectivity index (χ0) is 19.8. The Morgan fingerprint density at radius 1 is 0.889 bits per heavy atom. The summed E-state index contributed by atoms with van der Waals surface area (Å²) in [6, 6.07) is 9.63. The number of carbonyl (C=O) groups is 1. The van der Waals surface area contributed by atoms with Crippen LogP contribution in [0.5, 0.6) is 23.0 Å². The lowest BCUT2D eigenvalue weighted by Crippen LogP contribution is -2.32. The van der Waals surface area contributed by atoms with E-state index in [-0.39, 0.29) is 6.54 Å². The molecule has 0 aliphatic carbocycles. The third-order valence-electron chi connectivity index (χ3n) is 3.89. The Morgan fingerprint density at radius 2 is 1.44 bits per heavy atom. The second-order valence-electron chi connectivity index (χ2n) is 5.54. The van der Waals surface area contributed by atoms with E-state index in [0.29, 0.717) is 34.2 Å². The number of ether oxygens (including phenoxy) is 4. The maximum Gasteiger partial charge on any atom is 0.319 e. The van der Waals surface area contributed by atoms with E-state index in [0.717, 1.165) is 0 Å². The van der Waals surface area contributed by atoms with Crippen LogP contribution in [0.3, 0.4) is 0 Å². The number of hydrogen-bond acceptors (Lipinski definition) is 6. The molecule has 2 rings (SSSR count). The highest BCUT2D eigenvalue weighted by Gasteiger charge is 2.13. The Kier molecular flexibility index (Phi) is 7.13. The lowest BCUT2D eigenvalue weighted by molar-refractivity contribution is 0.174. The average molecular weight is 376 g/mol. The van der Waals surface area contributed by atoms with Crippen molar-refractivity contribution >= 4 is 11.7 Å². The third kappa shape index (κ3) is 5.18. The summed E-state index contributed by atoms with van der Waals surface area (Å²) in [7, 11) is 6.10. The number of amides is 2. The first kappa shape index (κ1) is 20.2. The highest BCUT2D eigenvalue weighted by atomic mass is 16.5. The summed E-state index contributed by atoms with van der Waals surface area (Å²) in [5.41, 5.74) is 1.13. The fraction of sp³-hybridized carbons (Fsp3) is 0.316. The van der Waals surface area contributed by atoms with Crippen molar-refractivity contribution in [2.24, 2.45) is 0 Å². The predicted octanol–water partition coefficient (Wildman–Crippen LogP) is 2.58. The van der Waals surface area contributed by atoms with Gasteiger partial charge >= 0.3 is 6.03 Å². The molecule has 3 N–H and O–H groups in total. The van der Waals surface area contributed by atoms with Crippen LogP contribution in [0.4, 0.5) is 10.5 Å². The molecule has 2 aromatic rings. The van der Waals surface area contributed by atoms with Crippen molar-refractivity contribution in [3.8, 4) is 23.0 Å². The van der Waals surface area contributed by atoms with E-state index in [4.69, 9.17) is 18.9 Å². The molecule has 1 atom stereocenters. The van der Waals surface area contributed by atoms with Gasteiger partial charge in [0.2, 0.25) is 0 Å². The van der Waals surface area contributed by atoms with E-state index in [2.05, 4.69) is 10.6 Å². The van der Waals surface area contributed by atoms with Gasteiger partial charge in [0.15, 0.2) is 23.0 Å². The smallest absolute Gasteiger partial charge is 0.319 e. The Labute approximate surface area is 158 Å². The van der Waals surface area contributed by atoms with E-state index in [1.807, 2.05) is 0 Å². The third-order valence-corrected chi connectivity index (χ3v) is 3.89. The minimum atomic E-state index is -0.902. The summed E-state index contributed by atoms with van der Waals surface area (Å²) in [6.07, 6.45) is -0.902. The SMILES string of the molecule is COc1ccc(NC(=O)NCC(O)c2ccc(OC)c(OC)c2)cc1OC. The molecule has 0 spiro atoms. The summed E-state index contributed by atoms with van der Waals surface area (Å²) >= 11 is 0. The van der Waals surface area contributed by atoms with Gasteiger partial charge in [-0.3, -0.25) is 0 Å². The first-order valence-electron chi connectivity index (χ1n) is 8.19. The Balaban J connectivity index is 1.95. The van der Waals surface area contributed by atoms with Crippen LogP contribution in [-0.4, -0.2) is 46.1 Å². The van der Waals surface area contributed by atoms with Gasteiger partial charge in [-0.2, -0.15) is 0 Å². The zero-order valence-corrected chi connectivity index (χ0v) is 15.7. The largest absolute Gasteiger partial charge is 0.493 e. The van der Waals surface area contributed by atoms with Crippen molar-refractivity contribution in [3.63, 3.8) is 0 Å². The number of methoxy groups -OCH3 is 4. The molecule has 0 bridgehead atoms. The zero-order valence-electron chi connectivity index (χ0n) is 15.7. The summed E-state index contributed by atoms with van der Waals surface area (Å²) in [6.45, 7) is 0.0224. The molecule has 0 heterocycles. The van der Waals surface area contributed by atoms with Crippen LogP contribution in [0.2, 0.25) is 0 Å². The Morgan fingerprint density at radius 3 is 2.04 bits per heavy atom. The van der Waals surface area contributed by atoms with E-state index in [1.54, 1.807) is 36.4 Å². The maximum absolute atomic E-state index is 12.1. The number of rotatable bonds is 8. The summed E-state index contributed by atoms with van der Waals surface area (Å²) in [4.78, 5) is 12.1. The second kappa shape index (κ2) is 9.54. The van der Waals surface area contributed by atoms with Crippen molar-refractivity contribution < 1.29 is 28.8 Å². The van der Waals surface area contributed by atoms with Gasteiger partial charge in [0, 0.05) is 18.3 Å². The standard InChI is InChI=1S/C19H24N2O6/c1-24-15-7-5-12(9-17(15)26-3)14(22)11-20-19(23)21-13-6-8-16(25-2)18(10-13)27-4/h5-10,14,22H,11H2,1-4H3,(H2,20,21,23). The molecule has 2 amide bonds. The van der Waals surface area contributed by atoms with E-state index in [9.17, 15) is 9.90 Å². The van der Waals surface area contributed by atoms with Crippen molar-refractivity contribution in [2.75, 3.05) is 40.3 Å². The number of hydrogen-bond donors (Lipinski definition) is 3. The van der Waals surface area contributed by atoms with Crippen molar-refractivity contribution in [3.05, 3.63) is 42.0 Å². The molecule has 2 aromatic carbocycles. The molecule has 8 heteroatoms. The molecule has 0 aliphatic heterocycles. The molecule has 146 valence electrons. The van der Waals surface area contributed by atoms with Gasteiger partial charge in [-0.1, -0.05) is 6.07 Å². The molecule has 0 saturated heterocycles. The van der Waals surface area contributed by atoms with Gasteiger partial charge in [0.05, 0.1) is 34.5 Å². The summed E-state index contributed by atoms with van der Waals surface area (Å²) in [5.74, 6) is 2.13. The molecule has 0 aromatic heterocycles. The molecular formula is C19H24N2O6. The van der Waals surface area contributed by atoms with Crippen LogP contribution < -0.4 is 29.6 Å². The summed E-state index contributed by atoms with van der Waals surface area (Å²) in [5, 5.41) is 15.6. The lowest BCUT2D eigenvalue weighted by Gasteiger charge is -2.15. The Bertz CT molecular complexity index is 781. The van der Waals surface area contributed by atoms with E-state index >= 15 is 0 Å². The number of benzene rings is 2. The molecule has 1 unspecified atom stereocenters. The molecular weight excluding hydrogens is 352 g/mol. The molecule has 27 heavy (non-hydrogen) atoms. The minimum absolute atomic E-state index is 0.0224. The van der Waals surface area contributed by atoms with Gasteiger partial charge in [-0.25, -0.2) is 4.79 Å². The number of aliphatic hydroxyl groups excluding tert-OH is 1. The maximum atomic E-state index is 12.1. The van der Waals surface area contributed by atoms with Crippen LogP contribution in [0.1, 0.15) is 11.7 Å². The summed E-state index contributed by atoms with van der Waals surface area (Å²) < 4.78 is 20.7. The average Bonchev–Trinajstić information content (AvgIpc) is 2.71. The molecule has 0 fully saturated rings. The molecule has 8 nitrogen and oxygen atoms in total. The fourth-order valence-corrected chi connectivity index (χ4v) is 2.46. The quantitative estimate of drug-likeness (QED) is 0.655. The molecule has 0 radical (unpaired) electrons. The number of urea groups is 1. The number of nitrogens with one attached hydrogen (secondary N) is 2. The van der Waals surface area contributed by atoms with Crippen LogP contribution in [0, 0.1) is 0 Å². The van der Waals surface area contributed by atoms with Gasteiger partial charge in [-0.15, -0.1) is 0 Å². The van der Waals surface area contributed by atoms with Crippen LogP contribution in [-0.2, 0) is 0 Å². The second-order valence-corrected chi connectivity index (χ2v) is 5.54. The number of carbonyl (C=O) groups excluding carboxylic acids is 1. The number of aliphatic hydroxyl groups is 1. The van der Waals surface area contributed by atoms with Crippen molar-refractivity contribution in [1.82, 2.24) is 5.32 Å². The van der Waals surface area contributed by atoms with E-state index in [1.165, 1.54) is 28.4 Å². The minimum Gasteiger partial charge on any atom is -0.493 e. The van der Waals surface area contributed by atoms with Gasteiger partial charge in [0.25, 0.3) is 0 Å². The Hall–Kier alpha value is -3.13. The van der Waals surface area contributed by atoms with Crippen LogP contribution in [0.15, 0.2) is 36.4 Å². The van der Waals surface area contributed by atoms with Crippen LogP contribution >= 0.6 is 0 Å². The highest BCUT2D eigenvalue weighted by Crippen LogP contribution is 2.30. The van der Waals surface area contributed by atoms with Crippen molar-refractivity contribution in [1.29, 1.82) is 0 Å². The van der Waals surface area contributed by atoms with Gasteiger partial charge < -0.3 is 34.7 Å². The fourth-order valence-electron chi connectivity index (χ4n) is 2.46. The monoisotopic (exact) mass is 376 g/mol. The van der Waals surface area contributed by atoms with Crippen LogP contribution in [0.25, 0.3) is 0 Å². The van der Waals surface area contributed by atoms with Crippen molar-refractivity contribution in [2.45, 2.75) is 6.10 Å². The highest BCUT2D eigenvalue weighted by molar-refractivity contribution is 5.89. The lowest BCUT2D eigenvalue weighted by atomic mass is 10.1. The number of anilines is 1. The molecule has 0 aliphatic rings. The van der Waals surface area contributed by atoms with E-state index < -0.39 is 12.1 Å². The first-order valence-corrected chi connectivity index (χ1v) is 8.19. The first-order chi connectivity index (χ1) is 13.0. The predicted molar refractivity (Wildman–Crippen MR) is 101 cm³/mol.